The Morgan fingerprint density at radius 2 is 1.81 bits per heavy atom. The fourth-order valence-corrected chi connectivity index (χ4v) is 7.41. The molecule has 1 aromatic heterocycles. The van der Waals surface area contributed by atoms with Crippen LogP contribution in [0, 0.1) is 0 Å². The maximum absolute atomic E-state index is 14.5. The Labute approximate surface area is 316 Å². The minimum Gasteiger partial charge on any atom is -0.497 e. The van der Waals surface area contributed by atoms with E-state index in [1.165, 1.54) is 11.0 Å². The van der Waals surface area contributed by atoms with Gasteiger partial charge in [-0.05, 0) is 96.0 Å². The second kappa shape index (κ2) is 17.0. The monoisotopic (exact) mass is 769 g/mol. The van der Waals surface area contributed by atoms with Crippen LogP contribution < -0.4 is 24.8 Å². The number of ketones is 1. The van der Waals surface area contributed by atoms with Gasteiger partial charge in [0.2, 0.25) is 27.7 Å². The van der Waals surface area contributed by atoms with E-state index >= 15 is 0 Å². The summed E-state index contributed by atoms with van der Waals surface area (Å²) in [5, 5.41) is 5.97. The van der Waals surface area contributed by atoms with E-state index in [4.69, 9.17) is 14.2 Å². The molecule has 3 N–H and O–H groups in total. The number of carbonyl (C=O) groups is 5. The van der Waals surface area contributed by atoms with Crippen LogP contribution in [-0.4, -0.2) is 96.1 Å². The number of benzene rings is 1. The molecule has 16 heteroatoms. The van der Waals surface area contributed by atoms with Crippen molar-refractivity contribution in [2.24, 2.45) is 0 Å². The Kier molecular flexibility index (Phi) is 13.1. The predicted molar refractivity (Wildman–Crippen MR) is 201 cm³/mol. The normalized spacial score (nSPS) is 18.8. The Hall–Kier alpha value is -4.99. The van der Waals surface area contributed by atoms with E-state index in [9.17, 15) is 32.4 Å². The van der Waals surface area contributed by atoms with Gasteiger partial charge in [-0.2, -0.15) is 0 Å². The fraction of sp³-hybridized carbons (Fsp3) is 0.526. The van der Waals surface area contributed by atoms with E-state index in [1.807, 2.05) is 6.07 Å². The van der Waals surface area contributed by atoms with Crippen molar-refractivity contribution < 1.29 is 46.6 Å². The minimum absolute atomic E-state index is 0.0620. The first-order valence-corrected chi connectivity index (χ1v) is 19.4. The van der Waals surface area contributed by atoms with Crippen molar-refractivity contribution in [1.29, 1.82) is 0 Å². The molecule has 2 aliphatic rings. The first kappa shape index (κ1) is 41.8. The number of carbonyl (C=O) groups excluding carboxylic acids is 5. The maximum atomic E-state index is 14.5. The molecule has 4 atom stereocenters. The van der Waals surface area contributed by atoms with Gasteiger partial charge in [0.1, 0.15) is 35.1 Å². The van der Waals surface area contributed by atoms with Gasteiger partial charge in [-0.25, -0.2) is 18.2 Å². The van der Waals surface area contributed by atoms with Gasteiger partial charge in [-0.15, -0.1) is 6.58 Å². The fourth-order valence-electron chi connectivity index (χ4n) is 6.05. The highest BCUT2D eigenvalue weighted by molar-refractivity contribution is 7.91. The molecule has 1 aliphatic carbocycles. The van der Waals surface area contributed by atoms with E-state index in [0.717, 1.165) is 17.0 Å². The number of ether oxygens (including phenoxy) is 3. The summed E-state index contributed by atoms with van der Waals surface area (Å²) in [6.07, 6.45) is 2.94. The number of hydrogen-bond donors (Lipinski definition) is 3. The van der Waals surface area contributed by atoms with E-state index in [-0.39, 0.29) is 43.9 Å². The number of allylic oxidation sites excluding steroid dienone is 2. The minimum atomic E-state index is -3.97. The van der Waals surface area contributed by atoms with Crippen molar-refractivity contribution in [2.45, 2.75) is 115 Å². The van der Waals surface area contributed by atoms with Gasteiger partial charge in [0.25, 0.3) is 5.91 Å². The number of amides is 4. The Morgan fingerprint density at radius 3 is 2.41 bits per heavy atom. The third-order valence-corrected chi connectivity index (χ3v) is 10.9. The lowest BCUT2D eigenvalue weighted by molar-refractivity contribution is -0.141. The van der Waals surface area contributed by atoms with Crippen LogP contribution in [0.3, 0.4) is 0 Å². The number of rotatable bonds is 16. The zero-order valence-electron chi connectivity index (χ0n) is 31.9. The van der Waals surface area contributed by atoms with Crippen LogP contribution in [0.15, 0.2) is 54.8 Å². The Balaban J connectivity index is 1.69. The van der Waals surface area contributed by atoms with Crippen molar-refractivity contribution in [2.75, 3.05) is 13.7 Å². The molecule has 1 aliphatic heterocycles. The van der Waals surface area contributed by atoms with E-state index in [1.54, 1.807) is 73.0 Å². The van der Waals surface area contributed by atoms with Gasteiger partial charge < -0.3 is 29.7 Å². The summed E-state index contributed by atoms with van der Waals surface area (Å²) >= 11 is 0. The number of likely N-dealkylation sites (tertiary alicyclic amines) is 1. The molecule has 0 spiro atoms. The lowest BCUT2D eigenvalue weighted by atomic mass is 9.94. The zero-order chi connectivity index (χ0) is 40.0. The van der Waals surface area contributed by atoms with Gasteiger partial charge in [-0.1, -0.05) is 18.6 Å². The highest BCUT2D eigenvalue weighted by Gasteiger charge is 2.47. The SMILES string of the molecule is C=C[C@](CC)(NC(=O)[C@@H]1C[C@@H](Oc2nccc3cc(OC)ccc23)CN1C(=O)[C@H](CCC(=O)C=C(C)C)NC(=O)OC(C)(C)C)C(=O)NS(=O)(=O)C1CC1. The van der Waals surface area contributed by atoms with Crippen molar-refractivity contribution in [3.63, 3.8) is 0 Å². The smallest absolute Gasteiger partial charge is 0.408 e. The molecule has 1 saturated heterocycles. The second-order valence-corrected chi connectivity index (χ2v) is 16.8. The molecule has 1 saturated carbocycles. The lowest BCUT2D eigenvalue weighted by Gasteiger charge is -2.33. The molecule has 2 heterocycles. The summed E-state index contributed by atoms with van der Waals surface area (Å²) in [4.78, 5) is 73.5. The molecular formula is C38H51N5O10S. The molecule has 4 amide bonds. The number of nitrogens with zero attached hydrogens (tertiary/aromatic N) is 2. The van der Waals surface area contributed by atoms with Crippen molar-refractivity contribution in [1.82, 2.24) is 25.2 Å². The molecule has 0 unspecified atom stereocenters. The molecule has 2 aromatic rings. The van der Waals surface area contributed by atoms with Crippen LogP contribution in [0.25, 0.3) is 10.8 Å². The van der Waals surface area contributed by atoms with Gasteiger partial charge in [-0.3, -0.25) is 23.9 Å². The number of nitrogens with one attached hydrogen (secondary N) is 3. The Bertz CT molecular complexity index is 1920. The van der Waals surface area contributed by atoms with Crippen molar-refractivity contribution >= 4 is 50.4 Å². The van der Waals surface area contributed by atoms with Crippen LogP contribution in [-0.2, 0) is 33.9 Å². The molecule has 15 nitrogen and oxygen atoms in total. The van der Waals surface area contributed by atoms with Gasteiger partial charge in [0.05, 0.1) is 18.9 Å². The molecule has 4 rings (SSSR count). The molecule has 0 bridgehead atoms. The van der Waals surface area contributed by atoms with Crippen molar-refractivity contribution in [3.05, 3.63) is 54.8 Å². The molecule has 294 valence electrons. The largest absolute Gasteiger partial charge is 0.497 e. The molecule has 54 heavy (non-hydrogen) atoms. The topological polar surface area (TPSA) is 199 Å². The first-order valence-electron chi connectivity index (χ1n) is 17.9. The van der Waals surface area contributed by atoms with E-state index in [0.29, 0.717) is 24.0 Å². The first-order chi connectivity index (χ1) is 25.3. The quantitative estimate of drug-likeness (QED) is 0.166. The van der Waals surface area contributed by atoms with Crippen LogP contribution in [0.2, 0.25) is 0 Å². The van der Waals surface area contributed by atoms with E-state index < -0.39 is 68.4 Å². The third kappa shape index (κ3) is 10.6. The highest BCUT2D eigenvalue weighted by atomic mass is 32.2. The molecular weight excluding hydrogens is 719 g/mol. The molecule has 0 radical (unpaired) electrons. The van der Waals surface area contributed by atoms with Crippen LogP contribution >= 0.6 is 0 Å². The third-order valence-electron chi connectivity index (χ3n) is 9.04. The number of fused-ring (bicyclic) bond motifs is 1. The summed E-state index contributed by atoms with van der Waals surface area (Å²) in [6, 6.07) is 4.54. The summed E-state index contributed by atoms with van der Waals surface area (Å²) in [6.45, 7) is 13.7. The number of aromatic nitrogens is 1. The number of methoxy groups -OCH3 is 1. The van der Waals surface area contributed by atoms with Crippen LogP contribution in [0.5, 0.6) is 11.6 Å². The number of alkyl carbamates (subject to hydrolysis) is 1. The zero-order valence-corrected chi connectivity index (χ0v) is 32.7. The number of pyridine rings is 1. The average Bonchev–Trinajstić information content (AvgIpc) is 3.88. The summed E-state index contributed by atoms with van der Waals surface area (Å²) in [5.41, 5.74) is -1.99. The summed E-state index contributed by atoms with van der Waals surface area (Å²) < 4.78 is 44.6. The van der Waals surface area contributed by atoms with Gasteiger partial charge in [0.15, 0.2) is 5.78 Å². The van der Waals surface area contributed by atoms with Gasteiger partial charge >= 0.3 is 6.09 Å². The average molecular weight is 770 g/mol. The van der Waals surface area contributed by atoms with Crippen LogP contribution in [0.1, 0.15) is 80.1 Å². The van der Waals surface area contributed by atoms with Gasteiger partial charge in [0, 0.05) is 24.4 Å². The molecule has 1 aromatic carbocycles. The Morgan fingerprint density at radius 1 is 1.11 bits per heavy atom. The highest BCUT2D eigenvalue weighted by Crippen LogP contribution is 2.32. The standard InChI is InChI=1S/C38H51N5O10S/c1-9-38(10-2,35(47)42-54(49,50)28-13-14-28)41-32(45)31-21-27(52-33-29-15-12-26(51-8)20-24(29)17-18-39-33)22-43(31)34(46)30(16-11-25(44)19-23(3)4)40-36(48)53-37(5,6)7/h9,12,15,17-20,27-28,30-31H,1,10-11,13-14,16,21-22H2,2-8H3,(H,40,48)(H,41,45)(H,42,47)/t27-,30+,31+,38-/m1/s1. The molecule has 2 fully saturated rings. The summed E-state index contributed by atoms with van der Waals surface area (Å²) in [7, 11) is -2.42. The lowest BCUT2D eigenvalue weighted by Crippen LogP contribution is -2.62. The predicted octanol–water partition coefficient (Wildman–Crippen LogP) is 3.86. The van der Waals surface area contributed by atoms with E-state index in [2.05, 4.69) is 26.9 Å². The number of sulfonamides is 1. The summed E-state index contributed by atoms with van der Waals surface area (Å²) in [5.74, 6) is -1.88. The van der Waals surface area contributed by atoms with Crippen LogP contribution in [0.4, 0.5) is 4.79 Å². The van der Waals surface area contributed by atoms with Crippen molar-refractivity contribution in [3.8, 4) is 11.6 Å². The second-order valence-electron chi connectivity index (χ2n) is 14.8. The maximum Gasteiger partial charge on any atom is 0.408 e. The number of hydrogen-bond acceptors (Lipinski definition) is 11.